The molecule has 2 aliphatic rings. The van der Waals surface area contributed by atoms with Crippen molar-refractivity contribution in [3.63, 3.8) is 0 Å². The number of nitro groups is 1. The fraction of sp³-hybridized carbons (Fsp3) is 0.250. The van der Waals surface area contributed by atoms with E-state index in [9.17, 15) is 20.2 Å². The molecule has 1 aliphatic heterocycles. The fourth-order valence-corrected chi connectivity index (χ4v) is 6.78. The van der Waals surface area contributed by atoms with Crippen LogP contribution in [0.3, 0.4) is 0 Å². The van der Waals surface area contributed by atoms with Crippen molar-refractivity contribution >= 4 is 28.9 Å². The summed E-state index contributed by atoms with van der Waals surface area (Å²) in [5.41, 5.74) is 13.6. The number of hydrogen-bond donors (Lipinski definition) is 1. The van der Waals surface area contributed by atoms with Gasteiger partial charge in [-0.25, -0.2) is 0 Å². The Morgan fingerprint density at radius 1 is 1.05 bits per heavy atom. The van der Waals surface area contributed by atoms with Crippen molar-refractivity contribution in [2.45, 2.75) is 50.5 Å². The van der Waals surface area contributed by atoms with Gasteiger partial charge in [0.05, 0.1) is 22.5 Å². The summed E-state index contributed by atoms with van der Waals surface area (Å²) >= 11 is 1.81. The molecule has 1 heterocycles. The number of hydrogen-bond acceptors (Lipinski definition) is 7. The Balaban J connectivity index is 1.61. The number of ketones is 1. The van der Waals surface area contributed by atoms with Crippen molar-refractivity contribution in [2.24, 2.45) is 5.73 Å². The normalized spacial score (nSPS) is 17.1. The van der Waals surface area contributed by atoms with Gasteiger partial charge in [-0.3, -0.25) is 19.8 Å². The molecule has 40 heavy (non-hydrogen) atoms. The second-order valence-electron chi connectivity index (χ2n) is 10.2. The van der Waals surface area contributed by atoms with Gasteiger partial charge in [0.15, 0.2) is 5.78 Å². The molecule has 1 aliphatic carbocycles. The minimum atomic E-state index is -0.620. The summed E-state index contributed by atoms with van der Waals surface area (Å²) in [4.78, 5) is 26.6. The van der Waals surface area contributed by atoms with Gasteiger partial charge < -0.3 is 5.73 Å². The topological polar surface area (TPSA) is 113 Å². The number of Topliss-reactive ketones (excluding diaryl/α,β-unsaturated/α-hetero) is 1. The van der Waals surface area contributed by atoms with Gasteiger partial charge in [0.2, 0.25) is 0 Å². The fourth-order valence-electron chi connectivity index (χ4n) is 5.72. The summed E-state index contributed by atoms with van der Waals surface area (Å²) in [6.45, 7) is 4.08. The quantitative estimate of drug-likeness (QED) is 0.250. The van der Waals surface area contributed by atoms with Crippen molar-refractivity contribution in [3.05, 3.63) is 127 Å². The van der Waals surface area contributed by atoms with E-state index in [0.29, 0.717) is 30.5 Å². The Bertz CT molecular complexity index is 1600. The molecule has 3 aromatic carbocycles. The third-order valence-corrected chi connectivity index (χ3v) is 8.69. The van der Waals surface area contributed by atoms with Gasteiger partial charge in [-0.2, -0.15) is 17.0 Å². The summed E-state index contributed by atoms with van der Waals surface area (Å²) in [6.07, 6.45) is 1.52. The first-order chi connectivity index (χ1) is 19.3. The molecule has 0 spiro atoms. The predicted molar refractivity (Wildman–Crippen MR) is 158 cm³/mol. The van der Waals surface area contributed by atoms with E-state index in [1.54, 1.807) is 23.1 Å². The number of rotatable bonds is 7. The van der Waals surface area contributed by atoms with Gasteiger partial charge in [0.25, 0.3) is 5.69 Å². The van der Waals surface area contributed by atoms with Crippen molar-refractivity contribution < 1.29 is 9.72 Å². The van der Waals surface area contributed by atoms with Crippen molar-refractivity contribution in [3.8, 4) is 6.07 Å². The lowest BCUT2D eigenvalue weighted by molar-refractivity contribution is -0.384. The third-order valence-electron chi connectivity index (χ3n) is 7.64. The first-order valence-corrected chi connectivity index (χ1v) is 14.4. The highest BCUT2D eigenvalue weighted by Gasteiger charge is 2.42. The molecule has 1 unspecified atom stereocenters. The smallest absolute Gasteiger partial charge is 0.293 e. The molecule has 2 N–H and O–H groups in total. The van der Waals surface area contributed by atoms with Gasteiger partial charge in [-0.1, -0.05) is 54.6 Å². The Morgan fingerprint density at radius 2 is 1.77 bits per heavy atom. The van der Waals surface area contributed by atoms with E-state index < -0.39 is 10.8 Å². The molecule has 0 aromatic heterocycles. The first kappa shape index (κ1) is 27.2. The standard InChI is InChI=1S/C32H30N4O3S/c1-20-15-21(2)24(16-23(20)19-40-18-22-9-4-3-5-10-22)30-25(17-33)32(34)35(28-13-8-14-29(37)31(28)30)26-11-6-7-12-27(26)36(38)39/h3-7,9-12,15-16,30H,8,13-14,18-19,34H2,1-2H3. The van der Waals surface area contributed by atoms with Gasteiger partial charge in [-0.15, -0.1) is 0 Å². The zero-order valence-electron chi connectivity index (χ0n) is 22.5. The number of aryl methyl sites for hydroxylation is 2. The molecule has 3 aromatic rings. The number of nitro benzene ring substituents is 1. The van der Waals surface area contributed by atoms with Crippen LogP contribution in [-0.4, -0.2) is 10.7 Å². The highest BCUT2D eigenvalue weighted by Crippen LogP contribution is 2.48. The molecule has 0 amide bonds. The van der Waals surface area contributed by atoms with E-state index in [0.717, 1.165) is 33.8 Å². The SMILES string of the molecule is Cc1cc(C)c(C2C(C#N)=C(N)N(c3ccccc3[N+](=O)[O-])C3=C2C(=O)CCC3)cc1CSCc1ccccc1. The predicted octanol–water partition coefficient (Wildman–Crippen LogP) is 6.95. The summed E-state index contributed by atoms with van der Waals surface area (Å²) < 4.78 is 0. The monoisotopic (exact) mass is 550 g/mol. The summed E-state index contributed by atoms with van der Waals surface area (Å²) in [6, 6.07) is 23.1. The van der Waals surface area contributed by atoms with E-state index in [2.05, 4.69) is 37.3 Å². The maximum absolute atomic E-state index is 13.6. The molecule has 0 saturated heterocycles. The van der Waals surface area contributed by atoms with Crippen LogP contribution < -0.4 is 10.6 Å². The van der Waals surface area contributed by atoms with Crippen LogP contribution in [0.15, 0.2) is 89.4 Å². The molecular weight excluding hydrogens is 520 g/mol. The number of nitrogens with two attached hydrogens (primary N) is 1. The maximum atomic E-state index is 13.6. The van der Waals surface area contributed by atoms with Crippen molar-refractivity contribution in [1.82, 2.24) is 0 Å². The number of allylic oxidation sites excluding steroid dienone is 3. The van der Waals surface area contributed by atoms with E-state index in [4.69, 9.17) is 5.73 Å². The molecule has 0 radical (unpaired) electrons. The first-order valence-electron chi connectivity index (χ1n) is 13.2. The summed E-state index contributed by atoms with van der Waals surface area (Å²) in [5.74, 6) is 1.13. The molecule has 1 atom stereocenters. The average molecular weight is 551 g/mol. The lowest BCUT2D eigenvalue weighted by Gasteiger charge is -2.39. The molecule has 5 rings (SSSR count). The summed E-state index contributed by atoms with van der Waals surface area (Å²) in [5, 5.41) is 22.3. The van der Waals surface area contributed by atoms with E-state index in [1.165, 1.54) is 11.6 Å². The van der Waals surface area contributed by atoms with E-state index >= 15 is 0 Å². The van der Waals surface area contributed by atoms with Crippen LogP contribution in [0.1, 0.15) is 53.0 Å². The second-order valence-corrected chi connectivity index (χ2v) is 11.2. The zero-order valence-corrected chi connectivity index (χ0v) is 23.3. The van der Waals surface area contributed by atoms with Gasteiger partial charge in [0.1, 0.15) is 11.5 Å². The number of nitriles is 1. The van der Waals surface area contributed by atoms with E-state index in [-0.39, 0.29) is 28.6 Å². The largest absolute Gasteiger partial charge is 0.384 e. The van der Waals surface area contributed by atoms with Crippen LogP contribution >= 0.6 is 11.8 Å². The number of anilines is 1. The Morgan fingerprint density at radius 3 is 2.50 bits per heavy atom. The lowest BCUT2D eigenvalue weighted by atomic mass is 9.74. The molecule has 8 heteroatoms. The molecule has 202 valence electrons. The Kier molecular flexibility index (Phi) is 7.76. The minimum absolute atomic E-state index is 0.0462. The van der Waals surface area contributed by atoms with Crippen molar-refractivity contribution in [2.75, 3.05) is 4.90 Å². The molecular formula is C32H30N4O3S. The zero-order chi connectivity index (χ0) is 28.4. The van der Waals surface area contributed by atoms with Crippen LogP contribution in [0.25, 0.3) is 0 Å². The Labute approximate surface area is 238 Å². The molecule has 0 fully saturated rings. The number of thioether (sulfide) groups is 1. The number of carbonyl (C=O) groups excluding carboxylic acids is 1. The van der Waals surface area contributed by atoms with Crippen LogP contribution in [0.5, 0.6) is 0 Å². The van der Waals surface area contributed by atoms with E-state index in [1.807, 2.05) is 36.9 Å². The van der Waals surface area contributed by atoms with Crippen LogP contribution in [0, 0.1) is 35.3 Å². The Hall–Kier alpha value is -4.35. The number of carbonyl (C=O) groups is 1. The highest BCUT2D eigenvalue weighted by atomic mass is 32.2. The molecule has 7 nitrogen and oxygen atoms in total. The average Bonchev–Trinajstić information content (AvgIpc) is 2.94. The van der Waals surface area contributed by atoms with Crippen LogP contribution in [-0.2, 0) is 16.3 Å². The third kappa shape index (κ3) is 5.01. The number of para-hydroxylation sites is 2. The van der Waals surface area contributed by atoms with Gasteiger partial charge in [-0.05, 0) is 60.6 Å². The van der Waals surface area contributed by atoms with Gasteiger partial charge in [0, 0.05) is 35.3 Å². The van der Waals surface area contributed by atoms with Crippen molar-refractivity contribution in [1.29, 1.82) is 5.26 Å². The molecule has 0 bridgehead atoms. The number of nitrogens with zero attached hydrogens (tertiary/aromatic N) is 3. The van der Waals surface area contributed by atoms with Crippen LogP contribution in [0.4, 0.5) is 11.4 Å². The number of benzene rings is 3. The second kappa shape index (κ2) is 11.4. The van der Waals surface area contributed by atoms with Gasteiger partial charge >= 0.3 is 0 Å². The maximum Gasteiger partial charge on any atom is 0.293 e. The molecule has 0 saturated carbocycles. The minimum Gasteiger partial charge on any atom is -0.384 e. The lowest BCUT2D eigenvalue weighted by Crippen LogP contribution is -2.39. The highest BCUT2D eigenvalue weighted by molar-refractivity contribution is 7.97. The van der Waals surface area contributed by atoms with Crippen LogP contribution in [0.2, 0.25) is 0 Å². The summed E-state index contributed by atoms with van der Waals surface area (Å²) in [7, 11) is 0.